The Balaban J connectivity index is 2.03. The average Bonchev–Trinajstić information content (AvgIpc) is 2.66. The maximum Gasteiger partial charge on any atom is 0.358 e. The molecule has 0 unspecified atom stereocenters. The first-order valence-electron chi connectivity index (χ1n) is 7.63. The summed E-state index contributed by atoms with van der Waals surface area (Å²) in [6.07, 6.45) is 0.411. The van der Waals surface area contributed by atoms with Crippen molar-refractivity contribution in [3.05, 3.63) is 71.0 Å². The Morgan fingerprint density at radius 2 is 1.60 bits per heavy atom. The Morgan fingerprint density at radius 1 is 0.880 bits per heavy atom. The highest BCUT2D eigenvalue weighted by Gasteiger charge is 2.19. The molecule has 1 aromatic heterocycles. The minimum atomic E-state index is -0.608. The summed E-state index contributed by atoms with van der Waals surface area (Å²) in [6, 6.07) is 15.5. The monoisotopic (exact) mass is 336 g/mol. The van der Waals surface area contributed by atoms with E-state index in [0.717, 1.165) is 16.3 Å². The highest BCUT2D eigenvalue weighted by Crippen LogP contribution is 2.20. The Bertz CT molecular complexity index is 953. The Morgan fingerprint density at radius 3 is 2.32 bits per heavy atom. The molecule has 0 amide bonds. The van der Waals surface area contributed by atoms with E-state index in [1.54, 1.807) is 0 Å². The number of benzene rings is 2. The standard InChI is InChI=1S/C19H16N2O4/c1-24-18(22)16-11-15(17(21-20-16)19(23)25-2)10-12-7-8-13-5-3-4-6-14(13)9-12/h3-9,11H,10H2,1-2H3. The van der Waals surface area contributed by atoms with Crippen molar-refractivity contribution < 1.29 is 19.1 Å². The van der Waals surface area contributed by atoms with E-state index in [-0.39, 0.29) is 11.4 Å². The van der Waals surface area contributed by atoms with Gasteiger partial charge in [-0.15, -0.1) is 10.2 Å². The van der Waals surface area contributed by atoms with E-state index in [9.17, 15) is 9.59 Å². The van der Waals surface area contributed by atoms with Crippen LogP contribution in [0.1, 0.15) is 32.1 Å². The zero-order valence-corrected chi connectivity index (χ0v) is 13.9. The van der Waals surface area contributed by atoms with Gasteiger partial charge in [-0.25, -0.2) is 9.59 Å². The van der Waals surface area contributed by atoms with Crippen LogP contribution in [0.3, 0.4) is 0 Å². The molecule has 0 saturated carbocycles. The molecule has 25 heavy (non-hydrogen) atoms. The second-order valence-electron chi connectivity index (χ2n) is 5.44. The topological polar surface area (TPSA) is 78.4 Å². The second kappa shape index (κ2) is 7.09. The van der Waals surface area contributed by atoms with E-state index in [1.807, 2.05) is 42.5 Å². The summed E-state index contributed by atoms with van der Waals surface area (Å²) in [7, 11) is 2.54. The van der Waals surface area contributed by atoms with Crippen molar-refractivity contribution in [2.45, 2.75) is 6.42 Å². The Hall–Kier alpha value is -3.28. The molecule has 6 heteroatoms. The van der Waals surface area contributed by atoms with Crippen LogP contribution in [0.2, 0.25) is 0 Å². The number of esters is 2. The number of hydrogen-bond donors (Lipinski definition) is 0. The molecular formula is C19H16N2O4. The lowest BCUT2D eigenvalue weighted by Gasteiger charge is -2.09. The van der Waals surface area contributed by atoms with Crippen LogP contribution in [-0.2, 0) is 15.9 Å². The van der Waals surface area contributed by atoms with Crippen molar-refractivity contribution >= 4 is 22.7 Å². The van der Waals surface area contributed by atoms with Crippen LogP contribution in [0.25, 0.3) is 10.8 Å². The third-order valence-electron chi connectivity index (χ3n) is 3.85. The summed E-state index contributed by atoms with van der Waals surface area (Å²) in [5, 5.41) is 9.82. The number of methoxy groups -OCH3 is 2. The van der Waals surface area contributed by atoms with Crippen LogP contribution in [0, 0.1) is 0 Å². The number of nitrogens with zero attached hydrogens (tertiary/aromatic N) is 2. The average molecular weight is 336 g/mol. The van der Waals surface area contributed by atoms with Crippen molar-refractivity contribution in [2.24, 2.45) is 0 Å². The Kier molecular flexibility index (Phi) is 4.70. The summed E-state index contributed by atoms with van der Waals surface area (Å²) < 4.78 is 9.42. The van der Waals surface area contributed by atoms with E-state index < -0.39 is 11.9 Å². The van der Waals surface area contributed by atoms with Crippen molar-refractivity contribution in [3.8, 4) is 0 Å². The van der Waals surface area contributed by atoms with Crippen LogP contribution >= 0.6 is 0 Å². The molecule has 0 bridgehead atoms. The predicted octanol–water partition coefficient (Wildman–Crippen LogP) is 2.79. The highest BCUT2D eigenvalue weighted by molar-refractivity contribution is 5.91. The molecule has 0 aliphatic rings. The van der Waals surface area contributed by atoms with Crippen molar-refractivity contribution in [1.29, 1.82) is 0 Å². The van der Waals surface area contributed by atoms with Crippen LogP contribution in [-0.4, -0.2) is 36.4 Å². The minimum absolute atomic E-state index is 0.0472. The summed E-state index contributed by atoms with van der Waals surface area (Å²) in [4.78, 5) is 23.6. The molecule has 1 heterocycles. The molecule has 0 saturated heterocycles. The molecule has 3 aromatic rings. The van der Waals surface area contributed by atoms with Gasteiger partial charge in [0.25, 0.3) is 0 Å². The molecule has 0 fully saturated rings. The molecule has 126 valence electrons. The normalized spacial score (nSPS) is 10.5. The molecule has 0 radical (unpaired) electrons. The van der Waals surface area contributed by atoms with E-state index in [2.05, 4.69) is 14.9 Å². The van der Waals surface area contributed by atoms with Gasteiger partial charge in [-0.2, -0.15) is 0 Å². The number of rotatable bonds is 4. The lowest BCUT2D eigenvalue weighted by molar-refractivity contribution is 0.0572. The molecular weight excluding hydrogens is 320 g/mol. The smallest absolute Gasteiger partial charge is 0.358 e. The fraction of sp³-hybridized carbons (Fsp3) is 0.158. The maximum atomic E-state index is 11.9. The highest BCUT2D eigenvalue weighted by atomic mass is 16.5. The van der Waals surface area contributed by atoms with Crippen LogP contribution in [0.15, 0.2) is 48.5 Å². The zero-order chi connectivity index (χ0) is 17.8. The molecule has 3 rings (SSSR count). The first kappa shape index (κ1) is 16.6. The van der Waals surface area contributed by atoms with Crippen molar-refractivity contribution in [2.75, 3.05) is 14.2 Å². The molecule has 0 aliphatic carbocycles. The first-order chi connectivity index (χ1) is 12.1. The molecule has 0 atom stereocenters. The molecule has 0 spiro atoms. The summed E-state index contributed by atoms with van der Waals surface area (Å²) in [5.74, 6) is -1.21. The lowest BCUT2D eigenvalue weighted by atomic mass is 10.00. The molecule has 2 aromatic carbocycles. The van der Waals surface area contributed by atoms with Gasteiger partial charge in [0.2, 0.25) is 0 Å². The van der Waals surface area contributed by atoms with Gasteiger partial charge in [-0.1, -0.05) is 42.5 Å². The van der Waals surface area contributed by atoms with E-state index in [1.165, 1.54) is 20.3 Å². The van der Waals surface area contributed by atoms with Crippen LogP contribution in [0.4, 0.5) is 0 Å². The summed E-state index contributed by atoms with van der Waals surface area (Å²) in [6.45, 7) is 0. The van der Waals surface area contributed by atoms with Gasteiger partial charge >= 0.3 is 11.9 Å². The summed E-state index contributed by atoms with van der Waals surface area (Å²) in [5.41, 5.74) is 1.67. The van der Waals surface area contributed by atoms with Gasteiger partial charge in [-0.05, 0) is 28.0 Å². The van der Waals surface area contributed by atoms with E-state index >= 15 is 0 Å². The van der Waals surface area contributed by atoms with Crippen molar-refractivity contribution in [1.82, 2.24) is 10.2 Å². The third kappa shape index (κ3) is 3.47. The van der Waals surface area contributed by atoms with Gasteiger partial charge in [0.05, 0.1) is 14.2 Å². The van der Waals surface area contributed by atoms with Gasteiger partial charge in [-0.3, -0.25) is 0 Å². The first-order valence-corrected chi connectivity index (χ1v) is 7.63. The SMILES string of the molecule is COC(=O)c1cc(Cc2ccc3ccccc3c2)c(C(=O)OC)nn1. The zero-order valence-electron chi connectivity index (χ0n) is 13.9. The number of carbonyl (C=O) groups is 2. The maximum absolute atomic E-state index is 11.9. The molecule has 0 aliphatic heterocycles. The summed E-state index contributed by atoms with van der Waals surface area (Å²) >= 11 is 0. The second-order valence-corrected chi connectivity index (χ2v) is 5.44. The van der Waals surface area contributed by atoms with Crippen LogP contribution in [0.5, 0.6) is 0 Å². The molecule has 6 nitrogen and oxygen atoms in total. The number of aromatic nitrogens is 2. The number of carbonyl (C=O) groups excluding carboxylic acids is 2. The third-order valence-corrected chi connectivity index (χ3v) is 3.85. The number of ether oxygens (including phenoxy) is 2. The Labute approximate surface area is 144 Å². The molecule has 0 N–H and O–H groups in total. The lowest BCUT2D eigenvalue weighted by Crippen LogP contribution is -2.14. The minimum Gasteiger partial charge on any atom is -0.464 e. The van der Waals surface area contributed by atoms with Gasteiger partial charge < -0.3 is 9.47 Å². The van der Waals surface area contributed by atoms with Crippen molar-refractivity contribution in [3.63, 3.8) is 0 Å². The van der Waals surface area contributed by atoms with E-state index in [4.69, 9.17) is 4.74 Å². The van der Waals surface area contributed by atoms with Gasteiger partial charge in [0, 0.05) is 6.42 Å². The van der Waals surface area contributed by atoms with Gasteiger partial charge in [0.1, 0.15) is 0 Å². The largest absolute Gasteiger partial charge is 0.464 e. The fourth-order valence-electron chi connectivity index (χ4n) is 2.61. The fourth-order valence-corrected chi connectivity index (χ4v) is 2.61. The quantitative estimate of drug-likeness (QED) is 0.682. The predicted molar refractivity (Wildman–Crippen MR) is 91.5 cm³/mol. The van der Waals surface area contributed by atoms with Crippen LogP contribution < -0.4 is 0 Å². The van der Waals surface area contributed by atoms with Gasteiger partial charge in [0.15, 0.2) is 11.4 Å². The van der Waals surface area contributed by atoms with E-state index in [0.29, 0.717) is 12.0 Å². The number of fused-ring (bicyclic) bond motifs is 1. The number of hydrogen-bond acceptors (Lipinski definition) is 6.